The van der Waals surface area contributed by atoms with Crippen LogP contribution in [0.1, 0.15) is 0 Å². The predicted molar refractivity (Wildman–Crippen MR) is 59.7 cm³/mol. The molecule has 18 heavy (non-hydrogen) atoms. The van der Waals surface area contributed by atoms with Gasteiger partial charge in [0.15, 0.2) is 0 Å². The Kier molecular flexibility index (Phi) is 4.76. The minimum atomic E-state index is -4.50. The summed E-state index contributed by atoms with van der Waals surface area (Å²) in [5.74, 6) is -1.42. The van der Waals surface area contributed by atoms with Gasteiger partial charge in [0, 0.05) is 6.07 Å². The second-order valence-electron chi connectivity index (χ2n) is 3.28. The third-order valence-corrected chi connectivity index (χ3v) is 2.50. The number of rotatable bonds is 5. The van der Waals surface area contributed by atoms with Gasteiger partial charge in [0.25, 0.3) is 0 Å². The van der Waals surface area contributed by atoms with E-state index in [1.165, 1.54) is 17.8 Å². The molecule has 1 heterocycles. The quantitative estimate of drug-likeness (QED) is 0.654. The van der Waals surface area contributed by atoms with Crippen LogP contribution in [-0.2, 0) is 4.79 Å². The third kappa shape index (κ3) is 4.78. The summed E-state index contributed by atoms with van der Waals surface area (Å²) in [6.45, 7) is -2.14. The average molecular weight is 281 g/mol. The number of anilines is 1. The van der Waals surface area contributed by atoms with Crippen molar-refractivity contribution < 1.29 is 23.1 Å². The highest BCUT2D eigenvalue weighted by Crippen LogP contribution is 2.22. The molecular formula is C9H10F3N3O2S. The maximum Gasteiger partial charge on any atom is 0.405 e. The van der Waals surface area contributed by atoms with E-state index in [4.69, 9.17) is 5.11 Å². The van der Waals surface area contributed by atoms with Gasteiger partial charge in [0.05, 0.1) is 0 Å². The van der Waals surface area contributed by atoms with Crippen LogP contribution in [-0.4, -0.2) is 46.6 Å². The summed E-state index contributed by atoms with van der Waals surface area (Å²) >= 11 is 1.23. The lowest BCUT2D eigenvalue weighted by atomic mass is 10.4. The normalized spacial score (nSPS) is 11.3. The van der Waals surface area contributed by atoms with Crippen LogP contribution in [0.15, 0.2) is 17.4 Å². The fourth-order valence-corrected chi connectivity index (χ4v) is 1.59. The summed E-state index contributed by atoms with van der Waals surface area (Å²) in [7, 11) is 0. The summed E-state index contributed by atoms with van der Waals surface area (Å²) < 4.78 is 37.0. The molecule has 1 rings (SSSR count). The second kappa shape index (κ2) is 5.89. The van der Waals surface area contributed by atoms with E-state index < -0.39 is 25.2 Å². The molecule has 0 radical (unpaired) electrons. The Morgan fingerprint density at radius 2 is 2.17 bits per heavy atom. The Morgan fingerprint density at radius 1 is 1.50 bits per heavy atom. The first-order valence-electron chi connectivity index (χ1n) is 4.71. The Bertz CT molecular complexity index is 428. The Balaban J connectivity index is 2.96. The lowest BCUT2D eigenvalue weighted by Gasteiger charge is -2.22. The highest BCUT2D eigenvalue weighted by Gasteiger charge is 2.32. The van der Waals surface area contributed by atoms with E-state index in [2.05, 4.69) is 9.97 Å². The smallest absolute Gasteiger partial charge is 0.405 e. The van der Waals surface area contributed by atoms with Crippen molar-refractivity contribution in [3.8, 4) is 0 Å². The van der Waals surface area contributed by atoms with Gasteiger partial charge in [-0.3, -0.25) is 4.79 Å². The zero-order valence-electron chi connectivity index (χ0n) is 9.31. The SMILES string of the molecule is CSc1cc(N(CC(=O)O)CC(F)(F)F)ncn1. The van der Waals surface area contributed by atoms with Gasteiger partial charge in [-0.2, -0.15) is 13.2 Å². The number of halogens is 3. The van der Waals surface area contributed by atoms with E-state index in [0.717, 1.165) is 6.33 Å². The number of nitrogens with zero attached hydrogens (tertiary/aromatic N) is 3. The first-order valence-corrected chi connectivity index (χ1v) is 5.94. The zero-order chi connectivity index (χ0) is 13.8. The number of hydrogen-bond donors (Lipinski definition) is 1. The summed E-state index contributed by atoms with van der Waals surface area (Å²) in [5, 5.41) is 9.08. The van der Waals surface area contributed by atoms with Gasteiger partial charge in [-0.1, -0.05) is 0 Å². The first-order chi connectivity index (χ1) is 8.31. The number of carboxylic acids is 1. The van der Waals surface area contributed by atoms with Crippen molar-refractivity contribution in [3.63, 3.8) is 0 Å². The van der Waals surface area contributed by atoms with Gasteiger partial charge in [-0.25, -0.2) is 9.97 Å². The Labute approximate surface area is 105 Å². The lowest BCUT2D eigenvalue weighted by Crippen LogP contribution is -2.38. The van der Waals surface area contributed by atoms with Crippen LogP contribution in [0.25, 0.3) is 0 Å². The number of aromatic nitrogens is 2. The minimum Gasteiger partial charge on any atom is -0.480 e. The second-order valence-corrected chi connectivity index (χ2v) is 4.11. The predicted octanol–water partition coefficient (Wildman–Crippen LogP) is 1.65. The topological polar surface area (TPSA) is 66.3 Å². The van der Waals surface area contributed by atoms with Gasteiger partial charge >= 0.3 is 12.1 Å². The van der Waals surface area contributed by atoms with Crippen LogP contribution in [0.2, 0.25) is 0 Å². The number of thioether (sulfide) groups is 1. The first kappa shape index (κ1) is 14.6. The average Bonchev–Trinajstić information content (AvgIpc) is 2.26. The van der Waals surface area contributed by atoms with Crippen molar-refractivity contribution in [2.24, 2.45) is 0 Å². The maximum atomic E-state index is 12.3. The molecule has 0 saturated heterocycles. The van der Waals surface area contributed by atoms with E-state index in [0.29, 0.717) is 9.93 Å². The van der Waals surface area contributed by atoms with Crippen LogP contribution in [0.4, 0.5) is 19.0 Å². The number of alkyl halides is 3. The molecule has 0 aliphatic rings. The number of aliphatic carboxylic acids is 1. The molecule has 5 nitrogen and oxygen atoms in total. The van der Waals surface area contributed by atoms with Crippen molar-refractivity contribution in [3.05, 3.63) is 12.4 Å². The van der Waals surface area contributed by atoms with E-state index >= 15 is 0 Å². The molecular weight excluding hydrogens is 271 g/mol. The van der Waals surface area contributed by atoms with E-state index in [-0.39, 0.29) is 5.82 Å². The minimum absolute atomic E-state index is 0.0610. The van der Waals surface area contributed by atoms with Crippen molar-refractivity contribution in [2.75, 3.05) is 24.2 Å². The van der Waals surface area contributed by atoms with Crippen molar-refractivity contribution in [1.82, 2.24) is 9.97 Å². The number of carboxylic acid groups (broad SMARTS) is 1. The molecule has 0 aliphatic heterocycles. The van der Waals surface area contributed by atoms with Crippen LogP contribution in [0.3, 0.4) is 0 Å². The fourth-order valence-electron chi connectivity index (χ4n) is 1.21. The van der Waals surface area contributed by atoms with Gasteiger partial charge in [0.2, 0.25) is 0 Å². The Morgan fingerprint density at radius 3 is 2.67 bits per heavy atom. The van der Waals surface area contributed by atoms with Crippen molar-refractivity contribution in [1.29, 1.82) is 0 Å². The molecule has 0 bridgehead atoms. The van der Waals surface area contributed by atoms with Crippen LogP contribution in [0, 0.1) is 0 Å². The maximum absolute atomic E-state index is 12.3. The molecule has 9 heteroatoms. The Hall–Kier alpha value is -1.51. The summed E-state index contributed by atoms with van der Waals surface area (Å²) in [4.78, 5) is 18.7. The molecule has 100 valence electrons. The fraction of sp³-hybridized carbons (Fsp3) is 0.444. The monoisotopic (exact) mass is 281 g/mol. The van der Waals surface area contributed by atoms with Crippen molar-refractivity contribution in [2.45, 2.75) is 11.2 Å². The molecule has 0 atom stereocenters. The van der Waals surface area contributed by atoms with Gasteiger partial charge in [0.1, 0.15) is 30.3 Å². The highest BCUT2D eigenvalue weighted by atomic mass is 32.2. The largest absolute Gasteiger partial charge is 0.480 e. The van der Waals surface area contributed by atoms with E-state index in [1.807, 2.05) is 0 Å². The summed E-state index contributed by atoms with van der Waals surface area (Å²) in [6.07, 6.45) is -1.69. The molecule has 0 spiro atoms. The molecule has 1 aromatic rings. The molecule has 0 aromatic carbocycles. The van der Waals surface area contributed by atoms with Gasteiger partial charge < -0.3 is 10.0 Å². The molecule has 1 aromatic heterocycles. The number of hydrogen-bond acceptors (Lipinski definition) is 5. The molecule has 0 fully saturated rings. The van der Waals surface area contributed by atoms with Gasteiger partial charge in [-0.05, 0) is 6.26 Å². The molecule has 1 N–H and O–H groups in total. The van der Waals surface area contributed by atoms with Crippen LogP contribution < -0.4 is 4.90 Å². The zero-order valence-corrected chi connectivity index (χ0v) is 10.1. The third-order valence-electron chi connectivity index (χ3n) is 1.86. The lowest BCUT2D eigenvalue weighted by molar-refractivity contribution is -0.136. The molecule has 0 saturated carbocycles. The van der Waals surface area contributed by atoms with Crippen LogP contribution in [0.5, 0.6) is 0 Å². The number of carbonyl (C=O) groups is 1. The molecule has 0 amide bonds. The van der Waals surface area contributed by atoms with E-state index in [1.54, 1.807) is 6.26 Å². The summed E-state index contributed by atoms with van der Waals surface area (Å²) in [6, 6.07) is 1.32. The highest BCUT2D eigenvalue weighted by molar-refractivity contribution is 7.98. The molecule has 0 unspecified atom stereocenters. The standard InChI is InChI=1S/C9H10F3N3O2S/c1-18-7-2-6(13-5-14-7)15(3-8(16)17)4-9(10,11)12/h2,5H,3-4H2,1H3,(H,16,17). The summed E-state index contributed by atoms with van der Waals surface area (Å²) in [5.41, 5.74) is 0. The van der Waals surface area contributed by atoms with Crippen molar-refractivity contribution >= 4 is 23.5 Å². The molecule has 0 aliphatic carbocycles. The van der Waals surface area contributed by atoms with Gasteiger partial charge in [-0.15, -0.1) is 11.8 Å². The van der Waals surface area contributed by atoms with Crippen LogP contribution >= 0.6 is 11.8 Å². The van der Waals surface area contributed by atoms with E-state index in [9.17, 15) is 18.0 Å².